The first-order chi connectivity index (χ1) is 12.3. The minimum atomic E-state index is -3.58. The van der Waals surface area contributed by atoms with E-state index in [2.05, 4.69) is 17.0 Å². The first kappa shape index (κ1) is 20.5. The summed E-state index contributed by atoms with van der Waals surface area (Å²) in [5.41, 5.74) is 0.934. The molecule has 0 aromatic heterocycles. The topological polar surface area (TPSA) is 91.0 Å². The van der Waals surface area contributed by atoms with E-state index in [4.69, 9.17) is 4.74 Å². The lowest BCUT2D eigenvalue weighted by Gasteiger charge is -2.18. The molecular formula is C17H28N4O4S. The summed E-state index contributed by atoms with van der Waals surface area (Å²) in [5, 5.41) is 2.82. The van der Waals surface area contributed by atoms with Gasteiger partial charge in [0.15, 0.2) is 0 Å². The first-order valence-corrected chi connectivity index (χ1v) is 10.2. The van der Waals surface area contributed by atoms with E-state index in [0.717, 1.165) is 23.8 Å². The van der Waals surface area contributed by atoms with Crippen LogP contribution in [0.15, 0.2) is 24.3 Å². The van der Waals surface area contributed by atoms with E-state index < -0.39 is 10.2 Å². The summed E-state index contributed by atoms with van der Waals surface area (Å²) in [6, 6.07) is 6.46. The van der Waals surface area contributed by atoms with E-state index in [-0.39, 0.29) is 6.03 Å². The molecule has 9 heteroatoms. The highest BCUT2D eigenvalue weighted by atomic mass is 32.2. The lowest BCUT2D eigenvalue weighted by molar-refractivity contribution is 0.103. The van der Waals surface area contributed by atoms with Gasteiger partial charge in [-0.15, -0.1) is 0 Å². The van der Waals surface area contributed by atoms with Crippen molar-refractivity contribution in [1.82, 2.24) is 9.21 Å². The SMILES string of the molecule is CCCOC[C@@H]1CCN(C(=O)Nc2cccc(NS(=O)(=O)N(C)C)c2)C1. The molecule has 1 atom stereocenters. The Balaban J connectivity index is 1.91. The number of benzene rings is 1. The summed E-state index contributed by atoms with van der Waals surface area (Å²) in [6.07, 6.45) is 1.92. The van der Waals surface area contributed by atoms with Crippen LogP contribution in [-0.4, -0.2) is 64.1 Å². The summed E-state index contributed by atoms with van der Waals surface area (Å²) < 4.78 is 32.9. The molecule has 1 fully saturated rings. The average Bonchev–Trinajstić information content (AvgIpc) is 3.04. The third-order valence-corrected chi connectivity index (χ3v) is 5.57. The number of anilines is 2. The molecule has 1 aliphatic rings. The Labute approximate surface area is 155 Å². The Hall–Kier alpha value is -1.84. The van der Waals surface area contributed by atoms with E-state index in [0.29, 0.717) is 37.0 Å². The Bertz CT molecular complexity index is 708. The molecule has 2 N–H and O–H groups in total. The number of hydrogen-bond acceptors (Lipinski definition) is 4. The molecule has 1 saturated heterocycles. The van der Waals surface area contributed by atoms with E-state index in [1.54, 1.807) is 29.2 Å². The summed E-state index contributed by atoms with van der Waals surface area (Å²) in [7, 11) is -0.691. The van der Waals surface area contributed by atoms with Gasteiger partial charge in [0, 0.05) is 45.4 Å². The van der Waals surface area contributed by atoms with Gasteiger partial charge in [0.1, 0.15) is 0 Å². The Kier molecular flexibility index (Phi) is 7.24. The molecule has 0 radical (unpaired) electrons. The molecule has 0 aliphatic carbocycles. The van der Waals surface area contributed by atoms with Gasteiger partial charge in [-0.25, -0.2) is 4.79 Å². The van der Waals surface area contributed by atoms with Gasteiger partial charge in [-0.05, 0) is 31.0 Å². The van der Waals surface area contributed by atoms with Crippen molar-refractivity contribution in [3.63, 3.8) is 0 Å². The lowest BCUT2D eigenvalue weighted by atomic mass is 10.1. The van der Waals surface area contributed by atoms with Crippen LogP contribution in [0.3, 0.4) is 0 Å². The second-order valence-electron chi connectivity index (χ2n) is 6.58. The molecule has 26 heavy (non-hydrogen) atoms. The summed E-state index contributed by atoms with van der Waals surface area (Å²) >= 11 is 0. The second kappa shape index (κ2) is 9.20. The van der Waals surface area contributed by atoms with Crippen LogP contribution in [0.25, 0.3) is 0 Å². The number of nitrogens with zero attached hydrogens (tertiary/aromatic N) is 2. The van der Waals surface area contributed by atoms with Crippen LogP contribution in [0.4, 0.5) is 16.2 Å². The average molecular weight is 385 g/mol. The normalized spacial score (nSPS) is 17.5. The molecule has 1 aromatic carbocycles. The number of urea groups is 1. The molecule has 0 bridgehead atoms. The molecular weight excluding hydrogens is 356 g/mol. The number of nitrogens with one attached hydrogen (secondary N) is 2. The van der Waals surface area contributed by atoms with Crippen LogP contribution in [-0.2, 0) is 14.9 Å². The standard InChI is InChI=1S/C17H28N4O4S/c1-4-10-25-13-14-8-9-21(12-14)17(22)18-15-6-5-7-16(11-15)19-26(23,24)20(2)3/h5-7,11,14,19H,4,8-10,12-13H2,1-3H3,(H,18,22)/t14-/m1/s1. The fraction of sp³-hybridized carbons (Fsp3) is 0.588. The first-order valence-electron chi connectivity index (χ1n) is 8.76. The van der Waals surface area contributed by atoms with Crippen molar-refractivity contribution in [2.24, 2.45) is 5.92 Å². The van der Waals surface area contributed by atoms with Crippen molar-refractivity contribution < 1.29 is 17.9 Å². The van der Waals surface area contributed by atoms with Crippen molar-refractivity contribution in [2.45, 2.75) is 19.8 Å². The highest BCUT2D eigenvalue weighted by molar-refractivity contribution is 7.90. The number of amides is 2. The van der Waals surface area contributed by atoms with Gasteiger partial charge in [0.25, 0.3) is 0 Å². The maximum Gasteiger partial charge on any atom is 0.321 e. The zero-order valence-corrected chi connectivity index (χ0v) is 16.4. The summed E-state index contributed by atoms with van der Waals surface area (Å²) in [6.45, 7) is 4.86. The maximum absolute atomic E-state index is 12.4. The van der Waals surface area contributed by atoms with Crippen LogP contribution in [0.5, 0.6) is 0 Å². The molecule has 2 amide bonds. The van der Waals surface area contributed by atoms with E-state index >= 15 is 0 Å². The summed E-state index contributed by atoms with van der Waals surface area (Å²) in [4.78, 5) is 14.2. The smallest absolute Gasteiger partial charge is 0.321 e. The van der Waals surface area contributed by atoms with E-state index in [1.165, 1.54) is 14.1 Å². The maximum atomic E-state index is 12.4. The van der Waals surface area contributed by atoms with Gasteiger partial charge in [-0.1, -0.05) is 13.0 Å². The second-order valence-corrected chi connectivity index (χ2v) is 8.46. The van der Waals surface area contributed by atoms with Gasteiger partial charge in [0.2, 0.25) is 0 Å². The number of likely N-dealkylation sites (tertiary alicyclic amines) is 1. The Morgan fingerprint density at radius 3 is 2.77 bits per heavy atom. The van der Waals surface area contributed by atoms with Gasteiger partial charge in [-0.2, -0.15) is 12.7 Å². The molecule has 0 spiro atoms. The quantitative estimate of drug-likeness (QED) is 0.672. The Morgan fingerprint density at radius 2 is 2.08 bits per heavy atom. The lowest BCUT2D eigenvalue weighted by Crippen LogP contribution is -2.33. The molecule has 1 aromatic rings. The third kappa shape index (κ3) is 5.86. The zero-order chi connectivity index (χ0) is 19.2. The third-order valence-electron chi connectivity index (χ3n) is 4.12. The number of ether oxygens (including phenoxy) is 1. The van der Waals surface area contributed by atoms with Crippen LogP contribution in [0, 0.1) is 5.92 Å². The van der Waals surface area contributed by atoms with Gasteiger partial charge >= 0.3 is 16.2 Å². The molecule has 1 aliphatic heterocycles. The predicted molar refractivity (Wildman–Crippen MR) is 102 cm³/mol. The van der Waals surface area contributed by atoms with Crippen molar-refractivity contribution in [2.75, 3.05) is 50.4 Å². The van der Waals surface area contributed by atoms with Crippen molar-refractivity contribution in [3.05, 3.63) is 24.3 Å². The Morgan fingerprint density at radius 1 is 1.35 bits per heavy atom. The van der Waals surface area contributed by atoms with Gasteiger partial charge in [0.05, 0.1) is 12.3 Å². The largest absolute Gasteiger partial charge is 0.381 e. The van der Waals surface area contributed by atoms with Crippen LogP contribution < -0.4 is 10.0 Å². The minimum absolute atomic E-state index is 0.185. The molecule has 8 nitrogen and oxygen atoms in total. The molecule has 2 rings (SSSR count). The summed E-state index contributed by atoms with van der Waals surface area (Å²) in [5.74, 6) is 0.366. The van der Waals surface area contributed by atoms with Crippen LogP contribution in [0.1, 0.15) is 19.8 Å². The van der Waals surface area contributed by atoms with Crippen LogP contribution >= 0.6 is 0 Å². The monoisotopic (exact) mass is 384 g/mol. The zero-order valence-electron chi connectivity index (χ0n) is 15.6. The van der Waals surface area contributed by atoms with Crippen molar-refractivity contribution in [1.29, 1.82) is 0 Å². The van der Waals surface area contributed by atoms with Gasteiger partial charge < -0.3 is 15.0 Å². The highest BCUT2D eigenvalue weighted by Crippen LogP contribution is 2.20. The minimum Gasteiger partial charge on any atom is -0.381 e. The number of hydrogen-bond donors (Lipinski definition) is 2. The molecule has 0 unspecified atom stereocenters. The fourth-order valence-corrected chi connectivity index (χ4v) is 3.26. The van der Waals surface area contributed by atoms with Crippen molar-refractivity contribution >= 4 is 27.6 Å². The molecule has 1 heterocycles. The van der Waals surface area contributed by atoms with Crippen LogP contribution in [0.2, 0.25) is 0 Å². The van der Waals surface area contributed by atoms with Gasteiger partial charge in [-0.3, -0.25) is 4.72 Å². The van der Waals surface area contributed by atoms with E-state index in [1.807, 2.05) is 0 Å². The highest BCUT2D eigenvalue weighted by Gasteiger charge is 2.26. The number of carbonyl (C=O) groups is 1. The fourth-order valence-electron chi connectivity index (χ4n) is 2.65. The predicted octanol–water partition coefficient (Wildman–Crippen LogP) is 2.19. The van der Waals surface area contributed by atoms with Crippen molar-refractivity contribution in [3.8, 4) is 0 Å². The molecule has 0 saturated carbocycles. The van der Waals surface area contributed by atoms with E-state index in [9.17, 15) is 13.2 Å². The number of carbonyl (C=O) groups excluding carboxylic acids is 1. The molecule has 146 valence electrons. The number of rotatable bonds is 8.